The molecule has 128 valence electrons. The largest absolute Gasteiger partial charge is 0.431 e. The molecule has 0 aliphatic heterocycles. The van der Waals surface area contributed by atoms with Gasteiger partial charge in [0.15, 0.2) is 5.76 Å². The van der Waals surface area contributed by atoms with Crippen molar-refractivity contribution in [3.8, 4) is 11.3 Å². The highest BCUT2D eigenvalue weighted by Gasteiger charge is 2.20. The van der Waals surface area contributed by atoms with Crippen LogP contribution in [-0.4, -0.2) is 22.7 Å². The number of carbonyl (C=O) groups is 1. The summed E-state index contributed by atoms with van der Waals surface area (Å²) in [6.45, 7) is 2.26. The minimum atomic E-state index is -0.290. The van der Waals surface area contributed by atoms with E-state index in [2.05, 4.69) is 17.2 Å². The van der Waals surface area contributed by atoms with E-state index in [1.165, 1.54) is 36.7 Å². The van der Waals surface area contributed by atoms with Gasteiger partial charge in [0.2, 0.25) is 5.91 Å². The predicted octanol–water partition coefficient (Wildman–Crippen LogP) is 4.27. The molecule has 0 bridgehead atoms. The zero-order chi connectivity index (χ0) is 16.9. The van der Waals surface area contributed by atoms with Crippen LogP contribution in [-0.2, 0) is 4.79 Å². The normalized spacial score (nSPS) is 20.8. The Morgan fingerprint density at radius 3 is 2.71 bits per heavy atom. The first-order chi connectivity index (χ1) is 11.6. The van der Waals surface area contributed by atoms with Gasteiger partial charge in [-0.05, 0) is 55.9 Å². The van der Waals surface area contributed by atoms with Crippen molar-refractivity contribution in [3.63, 3.8) is 0 Å². The first-order valence-corrected chi connectivity index (χ1v) is 9.22. The van der Waals surface area contributed by atoms with E-state index in [0.29, 0.717) is 17.0 Å². The number of rotatable bonds is 5. The lowest BCUT2D eigenvalue weighted by atomic mass is 9.87. The van der Waals surface area contributed by atoms with E-state index in [9.17, 15) is 9.18 Å². The summed E-state index contributed by atoms with van der Waals surface area (Å²) in [5.41, 5.74) is 0.761. The Labute approximate surface area is 145 Å². The third kappa shape index (κ3) is 4.60. The minimum absolute atomic E-state index is 0.0149. The molecule has 1 saturated carbocycles. The van der Waals surface area contributed by atoms with Crippen molar-refractivity contribution in [2.24, 2.45) is 5.92 Å². The molecule has 1 amide bonds. The molecule has 4 nitrogen and oxygen atoms in total. The monoisotopic (exact) mass is 348 g/mol. The van der Waals surface area contributed by atoms with Crippen LogP contribution >= 0.6 is 11.8 Å². The van der Waals surface area contributed by atoms with Crippen LogP contribution in [0, 0.1) is 11.7 Å². The van der Waals surface area contributed by atoms with Crippen molar-refractivity contribution in [2.75, 3.05) is 5.75 Å². The van der Waals surface area contributed by atoms with Crippen molar-refractivity contribution >= 4 is 17.7 Å². The van der Waals surface area contributed by atoms with Crippen LogP contribution in [0.2, 0.25) is 0 Å². The molecule has 0 radical (unpaired) electrons. The third-order valence-corrected chi connectivity index (χ3v) is 5.16. The Kier molecular flexibility index (Phi) is 5.56. The molecule has 1 aromatic heterocycles. The molecule has 1 aromatic carbocycles. The van der Waals surface area contributed by atoms with E-state index >= 15 is 0 Å². The summed E-state index contributed by atoms with van der Waals surface area (Å²) in [4.78, 5) is 16.2. The number of benzene rings is 1. The van der Waals surface area contributed by atoms with Gasteiger partial charge in [-0.2, -0.15) is 0 Å². The number of thioether (sulfide) groups is 1. The number of nitrogens with zero attached hydrogens (tertiary/aromatic N) is 1. The average molecular weight is 348 g/mol. The SMILES string of the molecule is CC1CCC(NC(=O)CSc2ncc(-c3ccc(F)cc3)o2)CC1. The number of oxazole rings is 1. The predicted molar refractivity (Wildman–Crippen MR) is 92.2 cm³/mol. The number of aromatic nitrogens is 1. The molecular formula is C18H21FN2O2S. The van der Waals surface area contributed by atoms with Crippen molar-refractivity contribution < 1.29 is 13.6 Å². The highest BCUT2D eigenvalue weighted by Crippen LogP contribution is 2.26. The number of carbonyl (C=O) groups excluding carboxylic acids is 1. The molecule has 1 fully saturated rings. The number of hydrogen-bond donors (Lipinski definition) is 1. The lowest BCUT2D eigenvalue weighted by Gasteiger charge is -2.26. The maximum Gasteiger partial charge on any atom is 0.256 e. The van der Waals surface area contributed by atoms with Gasteiger partial charge in [0, 0.05) is 11.6 Å². The van der Waals surface area contributed by atoms with Gasteiger partial charge < -0.3 is 9.73 Å². The van der Waals surface area contributed by atoms with Crippen molar-refractivity contribution in [1.29, 1.82) is 0 Å². The maximum atomic E-state index is 12.9. The van der Waals surface area contributed by atoms with E-state index in [4.69, 9.17) is 4.42 Å². The first-order valence-electron chi connectivity index (χ1n) is 8.24. The second kappa shape index (κ2) is 7.83. The van der Waals surface area contributed by atoms with Crippen LogP contribution in [0.3, 0.4) is 0 Å². The fourth-order valence-electron chi connectivity index (χ4n) is 2.87. The maximum absolute atomic E-state index is 12.9. The van der Waals surface area contributed by atoms with Gasteiger partial charge in [-0.15, -0.1) is 0 Å². The Balaban J connectivity index is 1.48. The zero-order valence-corrected chi connectivity index (χ0v) is 14.4. The van der Waals surface area contributed by atoms with E-state index in [-0.39, 0.29) is 17.5 Å². The summed E-state index contributed by atoms with van der Waals surface area (Å²) in [5.74, 6) is 1.35. The average Bonchev–Trinajstić information content (AvgIpc) is 3.05. The molecule has 0 unspecified atom stereocenters. The summed E-state index contributed by atoms with van der Waals surface area (Å²) in [7, 11) is 0. The Bertz CT molecular complexity index is 679. The van der Waals surface area contributed by atoms with Crippen LogP contribution in [0.15, 0.2) is 40.1 Å². The van der Waals surface area contributed by atoms with Crippen LogP contribution in [0.4, 0.5) is 4.39 Å². The van der Waals surface area contributed by atoms with Crippen LogP contribution < -0.4 is 5.32 Å². The quantitative estimate of drug-likeness (QED) is 0.820. The number of halogens is 1. The molecule has 1 aliphatic carbocycles. The Morgan fingerprint density at radius 1 is 1.29 bits per heavy atom. The fraction of sp³-hybridized carbons (Fsp3) is 0.444. The smallest absolute Gasteiger partial charge is 0.256 e. The summed E-state index contributed by atoms with van der Waals surface area (Å²) in [5, 5.41) is 3.53. The molecule has 1 aliphatic rings. The Morgan fingerprint density at radius 2 is 2.00 bits per heavy atom. The second-order valence-electron chi connectivity index (χ2n) is 6.31. The molecule has 1 N–H and O–H groups in total. The van der Waals surface area contributed by atoms with Gasteiger partial charge in [0.1, 0.15) is 5.82 Å². The first kappa shape index (κ1) is 17.0. The van der Waals surface area contributed by atoms with Gasteiger partial charge in [-0.1, -0.05) is 18.7 Å². The van der Waals surface area contributed by atoms with Crippen molar-refractivity contribution in [3.05, 3.63) is 36.3 Å². The molecule has 3 rings (SSSR count). The summed E-state index contributed by atoms with van der Waals surface area (Å²) < 4.78 is 18.5. The number of nitrogens with one attached hydrogen (secondary N) is 1. The van der Waals surface area contributed by atoms with E-state index < -0.39 is 0 Å². The lowest BCUT2D eigenvalue weighted by Crippen LogP contribution is -2.38. The zero-order valence-electron chi connectivity index (χ0n) is 13.6. The summed E-state index contributed by atoms with van der Waals surface area (Å²) in [6, 6.07) is 6.34. The van der Waals surface area contributed by atoms with Crippen LogP contribution in [0.1, 0.15) is 32.6 Å². The molecule has 0 atom stereocenters. The molecule has 24 heavy (non-hydrogen) atoms. The standard InChI is InChI=1S/C18H21FN2O2S/c1-12-2-8-15(9-3-12)21-17(22)11-24-18-20-10-16(23-18)13-4-6-14(19)7-5-13/h4-7,10,12,15H,2-3,8-9,11H2,1H3,(H,21,22). The lowest BCUT2D eigenvalue weighted by molar-refractivity contribution is -0.119. The van der Waals surface area contributed by atoms with E-state index in [1.807, 2.05) is 0 Å². The second-order valence-corrected chi connectivity index (χ2v) is 7.24. The molecule has 2 aromatic rings. The van der Waals surface area contributed by atoms with Gasteiger partial charge in [-0.3, -0.25) is 4.79 Å². The van der Waals surface area contributed by atoms with Crippen LogP contribution in [0.5, 0.6) is 0 Å². The van der Waals surface area contributed by atoms with E-state index in [1.54, 1.807) is 18.3 Å². The van der Waals surface area contributed by atoms with Gasteiger partial charge in [-0.25, -0.2) is 9.37 Å². The molecule has 0 saturated heterocycles. The Hall–Kier alpha value is -1.82. The summed E-state index contributed by atoms with van der Waals surface area (Å²) >= 11 is 1.27. The highest BCUT2D eigenvalue weighted by atomic mass is 32.2. The van der Waals surface area contributed by atoms with E-state index in [0.717, 1.165) is 24.3 Å². The molecule has 1 heterocycles. The minimum Gasteiger partial charge on any atom is -0.431 e. The number of amides is 1. The summed E-state index contributed by atoms with van der Waals surface area (Å²) in [6.07, 6.45) is 6.07. The number of hydrogen-bond acceptors (Lipinski definition) is 4. The van der Waals surface area contributed by atoms with Gasteiger partial charge in [0.05, 0.1) is 11.9 Å². The third-order valence-electron chi connectivity index (χ3n) is 4.32. The van der Waals surface area contributed by atoms with Crippen molar-refractivity contribution in [2.45, 2.75) is 43.9 Å². The van der Waals surface area contributed by atoms with Crippen molar-refractivity contribution in [1.82, 2.24) is 10.3 Å². The van der Waals surface area contributed by atoms with Crippen LogP contribution in [0.25, 0.3) is 11.3 Å². The van der Waals surface area contributed by atoms with Gasteiger partial charge >= 0.3 is 0 Å². The molecular weight excluding hydrogens is 327 g/mol. The topological polar surface area (TPSA) is 55.1 Å². The molecule has 6 heteroatoms. The molecule has 0 spiro atoms. The van der Waals surface area contributed by atoms with Gasteiger partial charge in [0.25, 0.3) is 5.22 Å². The highest BCUT2D eigenvalue weighted by molar-refractivity contribution is 7.99. The fourth-order valence-corrected chi connectivity index (χ4v) is 3.49.